The quantitative estimate of drug-likeness (QED) is 0.867. The average Bonchev–Trinajstić information content (AvgIpc) is 3.00. The van der Waals surface area contributed by atoms with Crippen LogP contribution in [-0.2, 0) is 9.53 Å². The number of fused-ring (bicyclic) bond motifs is 1. The monoisotopic (exact) mass is 384 g/mol. The van der Waals surface area contributed by atoms with E-state index in [1.165, 1.54) is 6.07 Å². The number of hydrogen-bond donors (Lipinski definition) is 1. The van der Waals surface area contributed by atoms with Gasteiger partial charge in [-0.3, -0.25) is 9.59 Å². The lowest BCUT2D eigenvalue weighted by atomic mass is 9.57. The van der Waals surface area contributed by atoms with E-state index in [4.69, 9.17) is 27.9 Å². The molecule has 25 heavy (non-hydrogen) atoms. The van der Waals surface area contributed by atoms with E-state index in [2.05, 4.69) is 19.2 Å². The molecule has 1 aliphatic heterocycles. The predicted molar refractivity (Wildman–Crippen MR) is 97.0 cm³/mol. The smallest absolute Gasteiger partial charge is 0.251 e. The summed E-state index contributed by atoms with van der Waals surface area (Å²) in [4.78, 5) is 26.5. The number of halogens is 2. The van der Waals surface area contributed by atoms with Crippen molar-refractivity contribution in [3.05, 3.63) is 33.8 Å². The molecule has 3 rings (SSSR count). The summed E-state index contributed by atoms with van der Waals surface area (Å²) < 4.78 is 5.77. The second-order valence-corrected chi connectivity index (χ2v) is 8.14. The molecule has 136 valence electrons. The molecule has 0 spiro atoms. The Morgan fingerprint density at radius 3 is 2.72 bits per heavy atom. The van der Waals surface area contributed by atoms with Crippen LogP contribution in [0.25, 0.3) is 0 Å². The van der Waals surface area contributed by atoms with E-state index in [1.807, 2.05) is 0 Å². The van der Waals surface area contributed by atoms with Crippen LogP contribution in [0.1, 0.15) is 30.6 Å². The maximum absolute atomic E-state index is 12.5. The van der Waals surface area contributed by atoms with Crippen LogP contribution in [0, 0.1) is 11.3 Å². The molecule has 0 bridgehead atoms. The van der Waals surface area contributed by atoms with Crippen LogP contribution in [0.15, 0.2) is 18.2 Å². The zero-order valence-corrected chi connectivity index (χ0v) is 16.0. The van der Waals surface area contributed by atoms with E-state index in [0.717, 1.165) is 13.0 Å². The lowest BCUT2D eigenvalue weighted by molar-refractivity contribution is -0.166. The third kappa shape index (κ3) is 3.25. The standard InChI is InChI=1S/C18H22Cl2N2O3/c1-18(2)15(11-6-7-25-16(11)18)22(3)14(23)9-21-17(24)10-4-5-12(19)13(20)8-10/h4-5,8,11,15-16H,6-7,9H2,1-3H3,(H,21,24). The molecule has 1 saturated carbocycles. The first kappa shape index (κ1) is 18.5. The Morgan fingerprint density at radius 1 is 1.32 bits per heavy atom. The van der Waals surface area contributed by atoms with Crippen molar-refractivity contribution in [2.45, 2.75) is 32.4 Å². The van der Waals surface area contributed by atoms with Crippen molar-refractivity contribution >= 4 is 35.0 Å². The van der Waals surface area contributed by atoms with E-state index in [1.54, 1.807) is 24.1 Å². The van der Waals surface area contributed by atoms with Gasteiger partial charge in [0, 0.05) is 36.6 Å². The first-order chi connectivity index (χ1) is 11.7. The maximum atomic E-state index is 12.5. The highest BCUT2D eigenvalue weighted by Crippen LogP contribution is 2.54. The van der Waals surface area contributed by atoms with Gasteiger partial charge in [-0.05, 0) is 24.6 Å². The Kier molecular flexibility index (Phi) is 5.02. The van der Waals surface area contributed by atoms with Crippen molar-refractivity contribution in [2.75, 3.05) is 20.2 Å². The number of hydrogen-bond acceptors (Lipinski definition) is 3. The van der Waals surface area contributed by atoms with E-state index in [0.29, 0.717) is 21.5 Å². The minimum atomic E-state index is -0.352. The maximum Gasteiger partial charge on any atom is 0.251 e. The van der Waals surface area contributed by atoms with Gasteiger partial charge in [0.25, 0.3) is 5.91 Å². The lowest BCUT2D eigenvalue weighted by Crippen LogP contribution is -2.67. The molecule has 1 aromatic carbocycles. The van der Waals surface area contributed by atoms with Gasteiger partial charge in [-0.2, -0.15) is 0 Å². The molecule has 0 radical (unpaired) electrons. The van der Waals surface area contributed by atoms with Crippen LogP contribution in [-0.4, -0.2) is 49.1 Å². The Bertz CT molecular complexity index is 708. The number of carbonyl (C=O) groups excluding carboxylic acids is 2. The molecule has 7 heteroatoms. The summed E-state index contributed by atoms with van der Waals surface area (Å²) in [6.07, 6.45) is 1.20. The van der Waals surface area contributed by atoms with Crippen molar-refractivity contribution in [1.29, 1.82) is 0 Å². The average molecular weight is 385 g/mol. The Morgan fingerprint density at radius 2 is 2.04 bits per heavy atom. The van der Waals surface area contributed by atoms with Gasteiger partial charge in [0.05, 0.1) is 22.7 Å². The lowest BCUT2D eigenvalue weighted by Gasteiger charge is -2.57. The molecule has 2 amide bonds. The number of nitrogens with one attached hydrogen (secondary N) is 1. The third-order valence-electron chi connectivity index (χ3n) is 5.43. The van der Waals surface area contributed by atoms with Crippen LogP contribution in [0.5, 0.6) is 0 Å². The van der Waals surface area contributed by atoms with E-state index in [9.17, 15) is 9.59 Å². The molecule has 1 N–H and O–H groups in total. The highest BCUT2D eigenvalue weighted by Gasteiger charge is 2.61. The minimum absolute atomic E-state index is 0.0552. The molecule has 2 aliphatic rings. The SMILES string of the molecule is CN(C(=O)CNC(=O)c1ccc(Cl)c(Cl)c1)C1C2CCOC2C1(C)C. The second-order valence-electron chi connectivity index (χ2n) is 7.33. The first-order valence-electron chi connectivity index (χ1n) is 8.34. The molecule has 1 heterocycles. The molecule has 3 atom stereocenters. The molecule has 2 fully saturated rings. The van der Waals surface area contributed by atoms with Gasteiger partial charge in [0.2, 0.25) is 5.91 Å². The van der Waals surface area contributed by atoms with Crippen molar-refractivity contribution in [2.24, 2.45) is 11.3 Å². The Balaban J connectivity index is 1.58. The van der Waals surface area contributed by atoms with Gasteiger partial charge < -0.3 is 15.0 Å². The van der Waals surface area contributed by atoms with Crippen molar-refractivity contribution in [3.63, 3.8) is 0 Å². The summed E-state index contributed by atoms with van der Waals surface area (Å²) in [5, 5.41) is 3.34. The van der Waals surface area contributed by atoms with E-state index in [-0.39, 0.29) is 35.9 Å². The summed E-state index contributed by atoms with van der Waals surface area (Å²) >= 11 is 11.8. The first-order valence-corrected chi connectivity index (χ1v) is 9.09. The normalized spacial score (nSPS) is 26.5. The van der Waals surface area contributed by atoms with Gasteiger partial charge in [-0.1, -0.05) is 37.0 Å². The Hall–Kier alpha value is -1.30. The van der Waals surface area contributed by atoms with Gasteiger partial charge in [-0.15, -0.1) is 0 Å². The highest BCUT2D eigenvalue weighted by molar-refractivity contribution is 6.42. The molecular formula is C18H22Cl2N2O3. The number of benzene rings is 1. The second kappa shape index (κ2) is 6.78. The van der Waals surface area contributed by atoms with Gasteiger partial charge in [0.1, 0.15) is 0 Å². The predicted octanol–water partition coefficient (Wildman–Crippen LogP) is 3.00. The van der Waals surface area contributed by atoms with Crippen LogP contribution in [0.4, 0.5) is 0 Å². The molecular weight excluding hydrogens is 363 g/mol. The molecule has 0 aromatic heterocycles. The number of amides is 2. The minimum Gasteiger partial charge on any atom is -0.377 e. The fraction of sp³-hybridized carbons (Fsp3) is 0.556. The summed E-state index contributed by atoms with van der Waals surface area (Å²) in [6, 6.07) is 4.76. The van der Waals surface area contributed by atoms with Gasteiger partial charge >= 0.3 is 0 Å². The number of carbonyl (C=O) groups is 2. The van der Waals surface area contributed by atoms with Crippen LogP contribution in [0.3, 0.4) is 0 Å². The number of rotatable bonds is 4. The van der Waals surface area contributed by atoms with Crippen LogP contribution in [0.2, 0.25) is 10.0 Å². The fourth-order valence-electron chi connectivity index (χ4n) is 4.26. The number of ether oxygens (including phenoxy) is 1. The summed E-state index contributed by atoms with van der Waals surface area (Å²) in [5.41, 5.74) is 0.303. The molecule has 1 aromatic rings. The molecule has 5 nitrogen and oxygen atoms in total. The number of likely N-dealkylation sites (N-methyl/N-ethyl adjacent to an activating group) is 1. The number of nitrogens with zero attached hydrogens (tertiary/aromatic N) is 1. The zero-order valence-electron chi connectivity index (χ0n) is 14.5. The topological polar surface area (TPSA) is 58.6 Å². The highest BCUT2D eigenvalue weighted by atomic mass is 35.5. The third-order valence-corrected chi connectivity index (χ3v) is 6.17. The summed E-state index contributed by atoms with van der Waals surface area (Å²) in [7, 11) is 1.80. The fourth-order valence-corrected chi connectivity index (χ4v) is 4.56. The Labute approximate surface area is 157 Å². The molecule has 3 unspecified atom stereocenters. The van der Waals surface area contributed by atoms with Crippen LogP contribution < -0.4 is 5.32 Å². The van der Waals surface area contributed by atoms with Crippen molar-refractivity contribution in [1.82, 2.24) is 10.2 Å². The largest absolute Gasteiger partial charge is 0.377 e. The van der Waals surface area contributed by atoms with E-state index < -0.39 is 0 Å². The van der Waals surface area contributed by atoms with Crippen molar-refractivity contribution < 1.29 is 14.3 Å². The zero-order chi connectivity index (χ0) is 18.4. The molecule has 1 saturated heterocycles. The van der Waals surface area contributed by atoms with Gasteiger partial charge in [0.15, 0.2) is 0 Å². The van der Waals surface area contributed by atoms with E-state index >= 15 is 0 Å². The summed E-state index contributed by atoms with van der Waals surface area (Å²) in [6.45, 7) is 4.95. The molecule has 1 aliphatic carbocycles. The van der Waals surface area contributed by atoms with Gasteiger partial charge in [-0.25, -0.2) is 0 Å². The van der Waals surface area contributed by atoms with Crippen LogP contribution >= 0.6 is 23.2 Å². The van der Waals surface area contributed by atoms with Crippen molar-refractivity contribution in [3.8, 4) is 0 Å². The summed E-state index contributed by atoms with van der Waals surface area (Å²) in [5.74, 6) is -0.0816.